The predicted octanol–water partition coefficient (Wildman–Crippen LogP) is 2.36. The maximum absolute atomic E-state index is 11.9. The third-order valence-electron chi connectivity index (χ3n) is 1.87. The van der Waals surface area contributed by atoms with Crippen molar-refractivity contribution in [2.45, 2.75) is 24.6 Å². The Kier molecular flexibility index (Phi) is 1.48. The standard InChI is InChI=1S/C6H10ClF/c1-2-5-3-6(5,7)4-8/h5H,2-4H2,1H3. The molecule has 0 radical (unpaired) electrons. The zero-order valence-electron chi connectivity index (χ0n) is 4.95. The molecule has 0 aliphatic heterocycles. The smallest absolute Gasteiger partial charge is 0.109 e. The Morgan fingerprint density at radius 2 is 2.50 bits per heavy atom. The molecule has 1 aliphatic carbocycles. The van der Waals surface area contributed by atoms with E-state index in [4.69, 9.17) is 11.6 Å². The summed E-state index contributed by atoms with van der Waals surface area (Å²) in [5, 5.41) is 0. The molecular weight excluding hydrogens is 127 g/mol. The Morgan fingerprint density at radius 3 is 2.62 bits per heavy atom. The van der Waals surface area contributed by atoms with E-state index in [0.717, 1.165) is 12.8 Å². The Hall–Kier alpha value is 0.220. The molecule has 1 fully saturated rings. The summed E-state index contributed by atoms with van der Waals surface area (Å²) in [4.78, 5) is -0.436. The summed E-state index contributed by atoms with van der Waals surface area (Å²) < 4.78 is 11.9. The van der Waals surface area contributed by atoms with Gasteiger partial charge in [-0.25, -0.2) is 4.39 Å². The van der Waals surface area contributed by atoms with Gasteiger partial charge in [0.15, 0.2) is 0 Å². The first-order chi connectivity index (χ1) is 3.73. The summed E-state index contributed by atoms with van der Waals surface area (Å²) in [5.41, 5.74) is 0. The molecule has 0 spiro atoms. The van der Waals surface area contributed by atoms with E-state index >= 15 is 0 Å². The molecular formula is C6H10ClF. The maximum Gasteiger partial charge on any atom is 0.109 e. The summed E-state index contributed by atoms with van der Waals surface area (Å²) in [5.74, 6) is 0.453. The topological polar surface area (TPSA) is 0 Å². The number of hydrogen-bond acceptors (Lipinski definition) is 0. The van der Waals surface area contributed by atoms with E-state index in [2.05, 4.69) is 0 Å². The van der Waals surface area contributed by atoms with Gasteiger partial charge in [0, 0.05) is 0 Å². The molecule has 2 atom stereocenters. The summed E-state index contributed by atoms with van der Waals surface area (Å²) in [6.07, 6.45) is 1.90. The average Bonchev–Trinajstić information content (AvgIpc) is 2.44. The van der Waals surface area contributed by atoms with Crippen LogP contribution in [0, 0.1) is 5.92 Å². The fraction of sp³-hybridized carbons (Fsp3) is 1.00. The Bertz CT molecular complexity index is 94.5. The van der Waals surface area contributed by atoms with Gasteiger partial charge in [-0.15, -0.1) is 11.6 Å². The first-order valence-electron chi connectivity index (χ1n) is 2.98. The van der Waals surface area contributed by atoms with Gasteiger partial charge in [-0.3, -0.25) is 0 Å². The van der Waals surface area contributed by atoms with Crippen LogP contribution in [0.4, 0.5) is 4.39 Å². The van der Waals surface area contributed by atoms with Crippen molar-refractivity contribution in [1.29, 1.82) is 0 Å². The third kappa shape index (κ3) is 0.838. The zero-order valence-corrected chi connectivity index (χ0v) is 5.71. The van der Waals surface area contributed by atoms with Crippen molar-refractivity contribution in [2.75, 3.05) is 6.67 Å². The lowest BCUT2D eigenvalue weighted by Crippen LogP contribution is -2.03. The van der Waals surface area contributed by atoms with Crippen LogP contribution in [0.15, 0.2) is 0 Å². The van der Waals surface area contributed by atoms with Gasteiger partial charge >= 0.3 is 0 Å². The fourth-order valence-electron chi connectivity index (χ4n) is 1.02. The molecule has 2 heteroatoms. The number of halogens is 2. The first kappa shape index (κ1) is 6.34. The summed E-state index contributed by atoms with van der Waals surface area (Å²) in [7, 11) is 0. The highest BCUT2D eigenvalue weighted by Crippen LogP contribution is 2.51. The molecule has 0 aromatic rings. The van der Waals surface area contributed by atoms with Crippen molar-refractivity contribution in [3.8, 4) is 0 Å². The van der Waals surface area contributed by atoms with E-state index in [1.165, 1.54) is 0 Å². The second kappa shape index (κ2) is 1.87. The van der Waals surface area contributed by atoms with Crippen molar-refractivity contribution >= 4 is 11.6 Å². The van der Waals surface area contributed by atoms with E-state index < -0.39 is 4.87 Å². The molecule has 1 rings (SSSR count). The van der Waals surface area contributed by atoms with Crippen LogP contribution in [-0.2, 0) is 0 Å². The molecule has 0 saturated heterocycles. The minimum atomic E-state index is -0.436. The highest BCUT2D eigenvalue weighted by Gasteiger charge is 2.51. The number of hydrogen-bond donors (Lipinski definition) is 0. The molecule has 0 aromatic heterocycles. The number of rotatable bonds is 2. The van der Waals surface area contributed by atoms with Crippen molar-refractivity contribution < 1.29 is 4.39 Å². The van der Waals surface area contributed by atoms with E-state index in [9.17, 15) is 4.39 Å². The van der Waals surface area contributed by atoms with Crippen LogP contribution in [0.1, 0.15) is 19.8 Å². The SMILES string of the molecule is CCC1CC1(Cl)CF. The molecule has 1 aliphatic rings. The average molecular weight is 137 g/mol. The minimum Gasteiger partial charge on any atom is -0.249 e. The molecule has 2 unspecified atom stereocenters. The van der Waals surface area contributed by atoms with Gasteiger partial charge in [-0.1, -0.05) is 13.3 Å². The second-order valence-corrected chi connectivity index (χ2v) is 3.23. The van der Waals surface area contributed by atoms with Crippen molar-refractivity contribution in [1.82, 2.24) is 0 Å². The van der Waals surface area contributed by atoms with E-state index in [1.807, 2.05) is 6.92 Å². The van der Waals surface area contributed by atoms with Gasteiger partial charge in [0.25, 0.3) is 0 Å². The summed E-state index contributed by atoms with van der Waals surface area (Å²) in [6, 6.07) is 0. The van der Waals surface area contributed by atoms with Crippen LogP contribution < -0.4 is 0 Å². The van der Waals surface area contributed by atoms with Crippen molar-refractivity contribution in [3.05, 3.63) is 0 Å². The third-order valence-corrected chi connectivity index (χ3v) is 2.44. The normalized spacial score (nSPS) is 44.6. The van der Waals surface area contributed by atoms with Gasteiger partial charge < -0.3 is 0 Å². The van der Waals surface area contributed by atoms with Crippen LogP contribution in [-0.4, -0.2) is 11.5 Å². The molecule has 1 saturated carbocycles. The minimum absolute atomic E-state index is 0.354. The highest BCUT2D eigenvalue weighted by atomic mass is 35.5. The lowest BCUT2D eigenvalue weighted by atomic mass is 10.3. The van der Waals surface area contributed by atoms with Crippen LogP contribution in [0.2, 0.25) is 0 Å². The fourth-order valence-corrected chi connectivity index (χ4v) is 1.37. The Morgan fingerprint density at radius 1 is 1.88 bits per heavy atom. The summed E-state index contributed by atoms with van der Waals surface area (Å²) >= 11 is 5.72. The molecule has 8 heavy (non-hydrogen) atoms. The van der Waals surface area contributed by atoms with Gasteiger partial charge in [0.1, 0.15) is 6.67 Å². The van der Waals surface area contributed by atoms with Gasteiger partial charge in [-0.2, -0.15) is 0 Å². The van der Waals surface area contributed by atoms with E-state index in [0.29, 0.717) is 5.92 Å². The second-order valence-electron chi connectivity index (χ2n) is 2.48. The van der Waals surface area contributed by atoms with Crippen molar-refractivity contribution in [2.24, 2.45) is 5.92 Å². The molecule has 0 amide bonds. The zero-order chi connectivity index (χ0) is 6.20. The van der Waals surface area contributed by atoms with Crippen LogP contribution in [0.5, 0.6) is 0 Å². The summed E-state index contributed by atoms with van der Waals surface area (Å²) in [6.45, 7) is 1.69. The van der Waals surface area contributed by atoms with Crippen LogP contribution >= 0.6 is 11.6 Å². The predicted molar refractivity (Wildman–Crippen MR) is 33.0 cm³/mol. The lowest BCUT2D eigenvalue weighted by molar-refractivity contribution is 0.454. The van der Waals surface area contributed by atoms with Crippen LogP contribution in [0.25, 0.3) is 0 Å². The Balaban J connectivity index is 2.31. The van der Waals surface area contributed by atoms with E-state index in [1.54, 1.807) is 0 Å². The molecule has 0 nitrogen and oxygen atoms in total. The van der Waals surface area contributed by atoms with Gasteiger partial charge in [0.2, 0.25) is 0 Å². The van der Waals surface area contributed by atoms with E-state index in [-0.39, 0.29) is 6.67 Å². The Labute approximate surface area is 54.0 Å². The van der Waals surface area contributed by atoms with Crippen LogP contribution in [0.3, 0.4) is 0 Å². The van der Waals surface area contributed by atoms with Gasteiger partial charge in [-0.05, 0) is 12.3 Å². The lowest BCUT2D eigenvalue weighted by Gasteiger charge is -1.97. The molecule has 0 aromatic carbocycles. The monoisotopic (exact) mass is 136 g/mol. The maximum atomic E-state index is 11.9. The molecule has 0 N–H and O–H groups in total. The molecule has 0 heterocycles. The molecule has 48 valence electrons. The largest absolute Gasteiger partial charge is 0.249 e. The number of alkyl halides is 2. The van der Waals surface area contributed by atoms with Crippen molar-refractivity contribution in [3.63, 3.8) is 0 Å². The van der Waals surface area contributed by atoms with Gasteiger partial charge in [0.05, 0.1) is 4.87 Å². The highest BCUT2D eigenvalue weighted by molar-refractivity contribution is 6.26. The quantitative estimate of drug-likeness (QED) is 0.512. The first-order valence-corrected chi connectivity index (χ1v) is 3.35. The molecule has 0 bridgehead atoms.